The van der Waals surface area contributed by atoms with Crippen LogP contribution < -0.4 is 11.1 Å². The van der Waals surface area contributed by atoms with Crippen LogP contribution in [0.1, 0.15) is 48.5 Å². The number of halogens is 1. The predicted molar refractivity (Wildman–Crippen MR) is 74.4 cm³/mol. The summed E-state index contributed by atoms with van der Waals surface area (Å²) in [7, 11) is 0. The fourth-order valence-corrected chi connectivity index (χ4v) is 2.63. The zero-order chi connectivity index (χ0) is 14.0. The molecule has 0 bridgehead atoms. The van der Waals surface area contributed by atoms with Crippen molar-refractivity contribution >= 4 is 11.6 Å². The Hall–Kier alpha value is -1.58. The average Bonchev–Trinajstić information content (AvgIpc) is 2.36. The van der Waals surface area contributed by atoms with Crippen molar-refractivity contribution in [2.24, 2.45) is 5.92 Å². The lowest BCUT2D eigenvalue weighted by Crippen LogP contribution is -2.37. The molecule has 0 heterocycles. The number of amides is 1. The van der Waals surface area contributed by atoms with Gasteiger partial charge in [0.15, 0.2) is 0 Å². The number of benzene rings is 1. The highest BCUT2D eigenvalue weighted by molar-refractivity contribution is 5.95. The molecule has 0 aromatic heterocycles. The number of nitrogens with two attached hydrogens (primary N) is 1. The number of carbonyl (C=O) groups is 1. The molecule has 104 valence electrons. The molecule has 1 aliphatic rings. The SMILES string of the molecule is Cc1cc(N)cc(C(=O)NC2CCC(C)CC2)c1F. The normalized spacial score (nSPS) is 23.1. The summed E-state index contributed by atoms with van der Waals surface area (Å²) in [5.74, 6) is -0.108. The van der Waals surface area contributed by atoms with Gasteiger partial charge in [0.25, 0.3) is 5.91 Å². The minimum absolute atomic E-state index is 0.0520. The second-order valence-corrected chi connectivity index (χ2v) is 5.63. The fraction of sp³-hybridized carbons (Fsp3) is 0.533. The zero-order valence-corrected chi connectivity index (χ0v) is 11.5. The monoisotopic (exact) mass is 264 g/mol. The number of aryl methyl sites for hydroxylation is 1. The predicted octanol–water partition coefficient (Wildman–Crippen LogP) is 3.02. The van der Waals surface area contributed by atoms with Crippen LogP contribution >= 0.6 is 0 Å². The van der Waals surface area contributed by atoms with Gasteiger partial charge in [0.05, 0.1) is 5.56 Å². The molecule has 1 aromatic carbocycles. The summed E-state index contributed by atoms with van der Waals surface area (Å²) in [5, 5.41) is 2.92. The molecule has 1 fully saturated rings. The third-order valence-electron chi connectivity index (χ3n) is 3.87. The van der Waals surface area contributed by atoms with Crippen LogP contribution in [0.2, 0.25) is 0 Å². The number of nitrogens with one attached hydrogen (secondary N) is 1. The van der Waals surface area contributed by atoms with Gasteiger partial charge in [-0.2, -0.15) is 0 Å². The Morgan fingerprint density at radius 1 is 1.32 bits per heavy atom. The number of anilines is 1. The summed E-state index contributed by atoms with van der Waals surface area (Å²) in [4.78, 5) is 12.1. The van der Waals surface area contributed by atoms with Gasteiger partial charge in [-0.15, -0.1) is 0 Å². The first-order valence-corrected chi connectivity index (χ1v) is 6.84. The molecule has 0 atom stereocenters. The molecule has 2 rings (SSSR count). The zero-order valence-electron chi connectivity index (χ0n) is 11.5. The summed E-state index contributed by atoms with van der Waals surface area (Å²) < 4.78 is 13.9. The molecular weight excluding hydrogens is 243 g/mol. The number of hydrogen-bond donors (Lipinski definition) is 2. The summed E-state index contributed by atoms with van der Waals surface area (Å²) in [6.45, 7) is 3.84. The van der Waals surface area contributed by atoms with Crippen LogP contribution in [-0.2, 0) is 0 Å². The Bertz CT molecular complexity index is 479. The third-order valence-corrected chi connectivity index (χ3v) is 3.87. The molecule has 1 amide bonds. The molecular formula is C15H21FN2O. The van der Waals surface area contributed by atoms with Crippen molar-refractivity contribution in [2.45, 2.75) is 45.6 Å². The van der Waals surface area contributed by atoms with E-state index in [9.17, 15) is 9.18 Å². The Morgan fingerprint density at radius 2 is 1.95 bits per heavy atom. The molecule has 19 heavy (non-hydrogen) atoms. The fourth-order valence-electron chi connectivity index (χ4n) is 2.63. The molecule has 0 unspecified atom stereocenters. The maximum absolute atomic E-state index is 13.9. The van der Waals surface area contributed by atoms with Crippen molar-refractivity contribution in [3.8, 4) is 0 Å². The van der Waals surface area contributed by atoms with Crippen LogP contribution in [0, 0.1) is 18.7 Å². The molecule has 3 nitrogen and oxygen atoms in total. The van der Waals surface area contributed by atoms with E-state index in [1.54, 1.807) is 6.92 Å². The number of nitrogen functional groups attached to an aromatic ring is 1. The lowest BCUT2D eigenvalue weighted by Gasteiger charge is -2.27. The van der Waals surface area contributed by atoms with E-state index in [2.05, 4.69) is 12.2 Å². The number of hydrogen-bond acceptors (Lipinski definition) is 2. The van der Waals surface area contributed by atoms with Crippen molar-refractivity contribution in [2.75, 3.05) is 5.73 Å². The molecule has 0 spiro atoms. The maximum atomic E-state index is 13.9. The quantitative estimate of drug-likeness (QED) is 0.807. The van der Waals surface area contributed by atoms with Crippen molar-refractivity contribution in [1.82, 2.24) is 5.32 Å². The van der Waals surface area contributed by atoms with E-state index in [1.807, 2.05) is 0 Å². The van der Waals surface area contributed by atoms with Crippen molar-refractivity contribution in [3.63, 3.8) is 0 Å². The largest absolute Gasteiger partial charge is 0.399 e. The summed E-state index contributed by atoms with van der Waals surface area (Å²) in [5.41, 5.74) is 6.55. The standard InChI is InChI=1S/C15H21FN2O/c1-9-3-5-12(6-4-9)18-15(19)13-8-11(17)7-10(2)14(13)16/h7-9,12H,3-6,17H2,1-2H3,(H,18,19). The van der Waals surface area contributed by atoms with Gasteiger partial charge in [0, 0.05) is 11.7 Å². The van der Waals surface area contributed by atoms with E-state index < -0.39 is 5.82 Å². The molecule has 0 radical (unpaired) electrons. The van der Waals surface area contributed by atoms with E-state index in [0.29, 0.717) is 11.3 Å². The van der Waals surface area contributed by atoms with Crippen molar-refractivity contribution in [3.05, 3.63) is 29.1 Å². The van der Waals surface area contributed by atoms with Crippen LogP contribution in [0.25, 0.3) is 0 Å². The molecule has 0 saturated heterocycles. The molecule has 1 aliphatic carbocycles. The summed E-state index contributed by atoms with van der Waals surface area (Å²) in [6.07, 6.45) is 4.17. The van der Waals surface area contributed by atoms with Gasteiger partial charge in [0.1, 0.15) is 5.82 Å². The van der Waals surface area contributed by atoms with Gasteiger partial charge in [-0.1, -0.05) is 6.92 Å². The van der Waals surface area contributed by atoms with E-state index in [1.165, 1.54) is 12.1 Å². The first-order valence-electron chi connectivity index (χ1n) is 6.84. The molecule has 1 saturated carbocycles. The lowest BCUT2D eigenvalue weighted by molar-refractivity contribution is 0.0918. The highest BCUT2D eigenvalue weighted by Gasteiger charge is 2.22. The van der Waals surface area contributed by atoms with Crippen molar-refractivity contribution in [1.29, 1.82) is 0 Å². The van der Waals surface area contributed by atoms with Crippen LogP contribution in [-0.4, -0.2) is 11.9 Å². The van der Waals surface area contributed by atoms with E-state index in [4.69, 9.17) is 5.73 Å². The molecule has 1 aromatic rings. The Morgan fingerprint density at radius 3 is 2.58 bits per heavy atom. The number of rotatable bonds is 2. The first-order chi connectivity index (χ1) is 8.97. The smallest absolute Gasteiger partial charge is 0.254 e. The Kier molecular flexibility index (Phi) is 4.08. The first kappa shape index (κ1) is 13.8. The lowest BCUT2D eigenvalue weighted by atomic mass is 9.87. The second-order valence-electron chi connectivity index (χ2n) is 5.63. The van der Waals surface area contributed by atoms with E-state index >= 15 is 0 Å². The van der Waals surface area contributed by atoms with Crippen LogP contribution in [0.4, 0.5) is 10.1 Å². The molecule has 3 N–H and O–H groups in total. The highest BCUT2D eigenvalue weighted by Crippen LogP contribution is 2.24. The van der Waals surface area contributed by atoms with E-state index in [-0.39, 0.29) is 17.5 Å². The summed E-state index contributed by atoms with van der Waals surface area (Å²) >= 11 is 0. The summed E-state index contributed by atoms with van der Waals surface area (Å²) in [6, 6.07) is 3.10. The number of carbonyl (C=O) groups excluding carboxylic acids is 1. The average molecular weight is 264 g/mol. The molecule has 4 heteroatoms. The topological polar surface area (TPSA) is 55.1 Å². The third kappa shape index (κ3) is 3.25. The highest BCUT2D eigenvalue weighted by atomic mass is 19.1. The van der Waals surface area contributed by atoms with Crippen LogP contribution in [0.3, 0.4) is 0 Å². The van der Waals surface area contributed by atoms with Crippen LogP contribution in [0.15, 0.2) is 12.1 Å². The Labute approximate surface area is 113 Å². The van der Waals surface area contributed by atoms with Gasteiger partial charge < -0.3 is 11.1 Å². The minimum atomic E-state index is -0.476. The second kappa shape index (κ2) is 5.59. The van der Waals surface area contributed by atoms with Gasteiger partial charge in [-0.3, -0.25) is 4.79 Å². The molecule has 0 aliphatic heterocycles. The van der Waals surface area contributed by atoms with Gasteiger partial charge >= 0.3 is 0 Å². The Balaban J connectivity index is 2.08. The minimum Gasteiger partial charge on any atom is -0.399 e. The van der Waals surface area contributed by atoms with E-state index in [0.717, 1.165) is 31.6 Å². The van der Waals surface area contributed by atoms with Crippen LogP contribution in [0.5, 0.6) is 0 Å². The van der Waals surface area contributed by atoms with Crippen molar-refractivity contribution < 1.29 is 9.18 Å². The maximum Gasteiger partial charge on any atom is 0.254 e. The van der Waals surface area contributed by atoms with Gasteiger partial charge in [-0.25, -0.2) is 4.39 Å². The van der Waals surface area contributed by atoms with Gasteiger partial charge in [0.2, 0.25) is 0 Å². The van der Waals surface area contributed by atoms with Gasteiger partial charge in [-0.05, 0) is 56.2 Å².